The highest BCUT2D eigenvalue weighted by Crippen LogP contribution is 2.32. The molecule has 0 fully saturated rings. The van der Waals surface area contributed by atoms with Gasteiger partial charge in [0.05, 0.1) is 11.3 Å². The smallest absolute Gasteiger partial charge is 0.250 e. The fourth-order valence-corrected chi connectivity index (χ4v) is 3.78. The molecule has 1 heterocycles. The van der Waals surface area contributed by atoms with Gasteiger partial charge in [-0.3, -0.25) is 4.79 Å². The zero-order valence-electron chi connectivity index (χ0n) is 15.3. The number of nitrogens with two attached hydrogens (primary N) is 1. The molecule has 1 aromatic heterocycles. The summed E-state index contributed by atoms with van der Waals surface area (Å²) in [6.45, 7) is 6.85. The molecule has 0 radical (unpaired) electrons. The standard InChI is InChI=1S/C22H23BrN2O/c1-14-4-6-17(7-5-14)12-13-25-16(3)20(22(24)26)15(2)21(25)18-8-10-19(23)11-9-18/h4-11H,12-13H2,1-3H3,(H2,24,26). The lowest BCUT2D eigenvalue weighted by atomic mass is 10.0. The van der Waals surface area contributed by atoms with Gasteiger partial charge in [-0.1, -0.05) is 57.9 Å². The van der Waals surface area contributed by atoms with E-state index in [0.717, 1.165) is 40.0 Å². The van der Waals surface area contributed by atoms with Crippen LogP contribution in [0.1, 0.15) is 32.7 Å². The second kappa shape index (κ2) is 7.50. The summed E-state index contributed by atoms with van der Waals surface area (Å²) in [4.78, 5) is 12.0. The van der Waals surface area contributed by atoms with Crippen molar-refractivity contribution in [2.75, 3.05) is 0 Å². The van der Waals surface area contributed by atoms with E-state index in [1.165, 1.54) is 11.1 Å². The Hall–Kier alpha value is -2.33. The minimum Gasteiger partial charge on any atom is -0.366 e. The van der Waals surface area contributed by atoms with Crippen LogP contribution in [0.25, 0.3) is 11.3 Å². The lowest BCUT2D eigenvalue weighted by Crippen LogP contribution is -2.13. The van der Waals surface area contributed by atoms with Gasteiger partial charge in [-0.2, -0.15) is 0 Å². The Kier molecular flexibility index (Phi) is 5.33. The van der Waals surface area contributed by atoms with Gasteiger partial charge in [0, 0.05) is 16.7 Å². The first kappa shape index (κ1) is 18.5. The molecule has 2 aromatic carbocycles. The molecule has 0 saturated heterocycles. The van der Waals surface area contributed by atoms with Crippen molar-refractivity contribution in [2.45, 2.75) is 33.7 Å². The highest BCUT2D eigenvalue weighted by molar-refractivity contribution is 9.10. The van der Waals surface area contributed by atoms with Crippen molar-refractivity contribution in [3.05, 3.63) is 81.0 Å². The zero-order valence-corrected chi connectivity index (χ0v) is 16.9. The summed E-state index contributed by atoms with van der Waals surface area (Å²) < 4.78 is 3.25. The second-order valence-electron chi connectivity index (χ2n) is 6.69. The number of benzene rings is 2. The Morgan fingerprint density at radius 1 is 1.00 bits per heavy atom. The van der Waals surface area contributed by atoms with Gasteiger partial charge in [0.1, 0.15) is 0 Å². The average molecular weight is 411 g/mol. The average Bonchev–Trinajstić information content (AvgIpc) is 2.85. The number of aryl methyl sites for hydroxylation is 2. The van der Waals surface area contributed by atoms with Crippen molar-refractivity contribution in [3.8, 4) is 11.3 Å². The predicted molar refractivity (Wildman–Crippen MR) is 110 cm³/mol. The first-order chi connectivity index (χ1) is 12.4. The monoisotopic (exact) mass is 410 g/mol. The first-order valence-corrected chi connectivity index (χ1v) is 9.48. The second-order valence-corrected chi connectivity index (χ2v) is 7.61. The van der Waals surface area contributed by atoms with E-state index in [2.05, 4.69) is 63.8 Å². The van der Waals surface area contributed by atoms with E-state index in [-0.39, 0.29) is 5.91 Å². The van der Waals surface area contributed by atoms with Gasteiger partial charge in [-0.25, -0.2) is 0 Å². The quantitative estimate of drug-likeness (QED) is 0.618. The van der Waals surface area contributed by atoms with E-state index >= 15 is 0 Å². The lowest BCUT2D eigenvalue weighted by molar-refractivity contribution is 0.0999. The number of carbonyl (C=O) groups excluding carboxylic acids is 1. The van der Waals surface area contributed by atoms with Gasteiger partial charge in [-0.05, 0) is 56.0 Å². The van der Waals surface area contributed by atoms with Gasteiger partial charge in [0.25, 0.3) is 5.91 Å². The summed E-state index contributed by atoms with van der Waals surface area (Å²) in [6, 6.07) is 16.8. The van der Waals surface area contributed by atoms with Crippen molar-refractivity contribution < 1.29 is 4.79 Å². The molecule has 0 aliphatic rings. The molecule has 1 amide bonds. The van der Waals surface area contributed by atoms with Crippen LogP contribution in [0.15, 0.2) is 53.0 Å². The number of hydrogen-bond acceptors (Lipinski definition) is 1. The van der Waals surface area contributed by atoms with Crippen LogP contribution in [0.2, 0.25) is 0 Å². The molecule has 2 N–H and O–H groups in total. The third kappa shape index (κ3) is 3.61. The first-order valence-electron chi connectivity index (χ1n) is 8.69. The molecule has 26 heavy (non-hydrogen) atoms. The maximum Gasteiger partial charge on any atom is 0.250 e. The Morgan fingerprint density at radius 2 is 1.62 bits per heavy atom. The molecule has 0 atom stereocenters. The molecule has 3 rings (SSSR count). The Balaban J connectivity index is 2.04. The number of nitrogens with zero attached hydrogens (tertiary/aromatic N) is 1. The molecule has 0 saturated carbocycles. The van der Waals surface area contributed by atoms with Crippen LogP contribution in [-0.2, 0) is 13.0 Å². The number of carbonyl (C=O) groups is 1. The van der Waals surface area contributed by atoms with E-state index in [0.29, 0.717) is 5.56 Å². The van der Waals surface area contributed by atoms with Gasteiger partial charge >= 0.3 is 0 Å². The molecular formula is C22H23BrN2O. The van der Waals surface area contributed by atoms with Crippen molar-refractivity contribution in [1.82, 2.24) is 4.57 Å². The Bertz CT molecular complexity index is 938. The number of halogens is 1. The maximum absolute atomic E-state index is 12.0. The van der Waals surface area contributed by atoms with E-state index in [4.69, 9.17) is 5.73 Å². The van der Waals surface area contributed by atoms with Crippen molar-refractivity contribution in [2.24, 2.45) is 5.73 Å². The molecule has 0 aliphatic carbocycles. The topological polar surface area (TPSA) is 48.0 Å². The van der Waals surface area contributed by atoms with E-state index in [9.17, 15) is 4.79 Å². The van der Waals surface area contributed by atoms with Crippen LogP contribution in [0.4, 0.5) is 0 Å². The molecule has 0 aliphatic heterocycles. The molecule has 3 aromatic rings. The van der Waals surface area contributed by atoms with Crippen LogP contribution >= 0.6 is 15.9 Å². The molecular weight excluding hydrogens is 388 g/mol. The Morgan fingerprint density at radius 3 is 2.19 bits per heavy atom. The number of hydrogen-bond donors (Lipinski definition) is 1. The molecule has 0 bridgehead atoms. The van der Waals surface area contributed by atoms with Crippen LogP contribution in [0.5, 0.6) is 0 Å². The lowest BCUT2D eigenvalue weighted by Gasteiger charge is -2.13. The highest BCUT2D eigenvalue weighted by atomic mass is 79.9. The molecule has 4 heteroatoms. The van der Waals surface area contributed by atoms with E-state index in [1.54, 1.807) is 0 Å². The largest absolute Gasteiger partial charge is 0.366 e. The summed E-state index contributed by atoms with van der Waals surface area (Å²) in [7, 11) is 0. The summed E-state index contributed by atoms with van der Waals surface area (Å²) >= 11 is 3.48. The van der Waals surface area contributed by atoms with Gasteiger partial charge in [0.2, 0.25) is 0 Å². The summed E-state index contributed by atoms with van der Waals surface area (Å²) in [5, 5.41) is 0. The van der Waals surface area contributed by atoms with Gasteiger partial charge in [0.15, 0.2) is 0 Å². The fraction of sp³-hybridized carbons (Fsp3) is 0.227. The third-order valence-electron chi connectivity index (χ3n) is 4.88. The van der Waals surface area contributed by atoms with E-state index in [1.807, 2.05) is 26.0 Å². The van der Waals surface area contributed by atoms with Gasteiger partial charge < -0.3 is 10.3 Å². The van der Waals surface area contributed by atoms with Crippen molar-refractivity contribution >= 4 is 21.8 Å². The molecule has 0 spiro atoms. The number of primary amides is 1. The minimum atomic E-state index is -0.368. The number of rotatable bonds is 5. The van der Waals surface area contributed by atoms with Crippen LogP contribution in [-0.4, -0.2) is 10.5 Å². The fourth-order valence-electron chi connectivity index (χ4n) is 3.51. The predicted octanol–water partition coefficient (Wildman–Crippen LogP) is 5.18. The number of amides is 1. The number of aromatic nitrogens is 1. The van der Waals surface area contributed by atoms with E-state index < -0.39 is 0 Å². The molecule has 134 valence electrons. The summed E-state index contributed by atoms with van der Waals surface area (Å²) in [6.07, 6.45) is 0.900. The van der Waals surface area contributed by atoms with Crippen molar-refractivity contribution in [3.63, 3.8) is 0 Å². The SMILES string of the molecule is Cc1ccc(CCn2c(C)c(C(N)=O)c(C)c2-c2ccc(Br)cc2)cc1. The Labute approximate surface area is 163 Å². The van der Waals surface area contributed by atoms with Gasteiger partial charge in [-0.15, -0.1) is 0 Å². The maximum atomic E-state index is 12.0. The van der Waals surface area contributed by atoms with Crippen LogP contribution in [0, 0.1) is 20.8 Å². The summed E-state index contributed by atoms with van der Waals surface area (Å²) in [5.74, 6) is -0.368. The summed E-state index contributed by atoms with van der Waals surface area (Å²) in [5.41, 5.74) is 12.9. The third-order valence-corrected chi connectivity index (χ3v) is 5.40. The van der Waals surface area contributed by atoms with Crippen LogP contribution < -0.4 is 5.73 Å². The zero-order chi connectivity index (χ0) is 18.8. The minimum absolute atomic E-state index is 0.368. The molecule has 3 nitrogen and oxygen atoms in total. The van der Waals surface area contributed by atoms with Crippen molar-refractivity contribution in [1.29, 1.82) is 0 Å². The van der Waals surface area contributed by atoms with Crippen LogP contribution in [0.3, 0.4) is 0 Å². The molecule has 0 unspecified atom stereocenters. The highest BCUT2D eigenvalue weighted by Gasteiger charge is 2.21. The normalized spacial score (nSPS) is 10.9.